The van der Waals surface area contributed by atoms with E-state index in [0.29, 0.717) is 13.0 Å². The zero-order valence-corrected chi connectivity index (χ0v) is 13.0. The summed E-state index contributed by atoms with van der Waals surface area (Å²) in [5, 5.41) is 10.7. The molecule has 118 valence electrons. The summed E-state index contributed by atoms with van der Waals surface area (Å²) < 4.78 is 18.2. The van der Waals surface area contributed by atoms with Crippen LogP contribution in [0.2, 0.25) is 0 Å². The first-order valence-corrected chi connectivity index (χ1v) is 7.71. The Hall–Kier alpha value is -0.970. The molecular weight excluding hydrogens is 269 g/mol. The van der Waals surface area contributed by atoms with Crippen molar-refractivity contribution in [3.05, 3.63) is 35.6 Å². The van der Waals surface area contributed by atoms with Crippen molar-refractivity contribution in [2.75, 3.05) is 33.4 Å². The molecule has 0 aromatic heterocycles. The molecule has 21 heavy (non-hydrogen) atoms. The number of ether oxygens (including phenoxy) is 1. The van der Waals surface area contributed by atoms with Crippen molar-refractivity contribution in [2.24, 2.45) is 5.92 Å². The number of halogens is 1. The molecule has 3 nitrogen and oxygen atoms in total. The van der Waals surface area contributed by atoms with E-state index in [-0.39, 0.29) is 11.7 Å². The van der Waals surface area contributed by atoms with E-state index in [2.05, 4.69) is 11.8 Å². The number of piperidine rings is 1. The number of aliphatic hydroxyl groups is 1. The maximum atomic E-state index is 13.2. The van der Waals surface area contributed by atoms with Gasteiger partial charge < -0.3 is 14.7 Å². The van der Waals surface area contributed by atoms with Gasteiger partial charge in [-0.2, -0.15) is 0 Å². The molecule has 0 radical (unpaired) electrons. The minimum absolute atomic E-state index is 0.173. The molecule has 1 saturated heterocycles. The first-order chi connectivity index (χ1) is 10.0. The minimum Gasteiger partial charge on any atom is -0.389 e. The van der Waals surface area contributed by atoms with Gasteiger partial charge in [0.2, 0.25) is 0 Å². The van der Waals surface area contributed by atoms with Crippen LogP contribution in [0, 0.1) is 11.7 Å². The zero-order chi connectivity index (χ0) is 15.3. The average molecular weight is 295 g/mol. The van der Waals surface area contributed by atoms with Gasteiger partial charge >= 0.3 is 0 Å². The minimum atomic E-state index is -0.606. The van der Waals surface area contributed by atoms with Crippen molar-refractivity contribution in [3.8, 4) is 0 Å². The standard InChI is InChI=1S/C17H26FNO2/c1-14-13-19(10-7-17(14,20)8-11-21-2)9-6-15-4-3-5-16(18)12-15/h3-5,12,14,20H,6-11,13H2,1-2H3/t14-,17-/m1/s1. The van der Waals surface area contributed by atoms with Crippen molar-refractivity contribution in [1.29, 1.82) is 0 Å². The van der Waals surface area contributed by atoms with E-state index in [0.717, 1.165) is 38.0 Å². The number of likely N-dealkylation sites (tertiary alicyclic amines) is 1. The summed E-state index contributed by atoms with van der Waals surface area (Å²) in [7, 11) is 1.67. The lowest BCUT2D eigenvalue weighted by Crippen LogP contribution is -2.51. The molecule has 2 atom stereocenters. The predicted molar refractivity (Wildman–Crippen MR) is 81.8 cm³/mol. The molecule has 1 fully saturated rings. The van der Waals surface area contributed by atoms with Crippen molar-refractivity contribution in [1.82, 2.24) is 4.90 Å². The third-order valence-corrected chi connectivity index (χ3v) is 4.66. The van der Waals surface area contributed by atoms with Crippen LogP contribution >= 0.6 is 0 Å². The van der Waals surface area contributed by atoms with E-state index in [9.17, 15) is 9.50 Å². The fraction of sp³-hybridized carbons (Fsp3) is 0.647. The van der Waals surface area contributed by atoms with Crippen molar-refractivity contribution in [2.45, 2.75) is 31.8 Å². The average Bonchev–Trinajstić information content (AvgIpc) is 2.47. The summed E-state index contributed by atoms with van der Waals surface area (Å²) >= 11 is 0. The van der Waals surface area contributed by atoms with Crippen LogP contribution in [0.15, 0.2) is 24.3 Å². The van der Waals surface area contributed by atoms with Crippen LogP contribution in [0.4, 0.5) is 4.39 Å². The molecule has 1 heterocycles. The topological polar surface area (TPSA) is 32.7 Å². The van der Waals surface area contributed by atoms with E-state index < -0.39 is 5.60 Å². The van der Waals surface area contributed by atoms with Crippen LogP contribution in [0.3, 0.4) is 0 Å². The molecular formula is C17H26FNO2. The van der Waals surface area contributed by atoms with Crippen molar-refractivity contribution >= 4 is 0 Å². The molecule has 0 saturated carbocycles. The number of benzene rings is 1. The lowest BCUT2D eigenvalue weighted by molar-refractivity contribution is -0.0809. The van der Waals surface area contributed by atoms with Gasteiger partial charge in [0.05, 0.1) is 5.60 Å². The Morgan fingerprint density at radius 3 is 2.95 bits per heavy atom. The molecule has 1 aromatic carbocycles. The lowest BCUT2D eigenvalue weighted by atomic mass is 9.80. The van der Waals surface area contributed by atoms with Crippen LogP contribution in [0.25, 0.3) is 0 Å². The molecule has 0 bridgehead atoms. The molecule has 1 N–H and O–H groups in total. The summed E-state index contributed by atoms with van der Waals surface area (Å²) in [5.74, 6) is 0.0577. The Bertz CT molecular complexity index is 454. The van der Waals surface area contributed by atoms with Gasteiger partial charge in [-0.15, -0.1) is 0 Å². The van der Waals surface area contributed by atoms with E-state index in [1.54, 1.807) is 19.2 Å². The van der Waals surface area contributed by atoms with Gasteiger partial charge in [-0.05, 0) is 42.9 Å². The maximum absolute atomic E-state index is 13.2. The quantitative estimate of drug-likeness (QED) is 0.875. The highest BCUT2D eigenvalue weighted by molar-refractivity contribution is 5.16. The Labute approximate surface area is 126 Å². The van der Waals surface area contributed by atoms with Gasteiger partial charge in [0, 0.05) is 33.4 Å². The zero-order valence-electron chi connectivity index (χ0n) is 13.0. The Balaban J connectivity index is 1.82. The van der Waals surface area contributed by atoms with E-state index in [4.69, 9.17) is 4.74 Å². The SMILES string of the molecule is COCC[C@]1(O)CCN(CCc2cccc(F)c2)C[C@H]1C. The Morgan fingerprint density at radius 2 is 2.29 bits per heavy atom. The molecule has 0 aliphatic carbocycles. The molecule has 0 amide bonds. The smallest absolute Gasteiger partial charge is 0.123 e. The second-order valence-corrected chi connectivity index (χ2v) is 6.18. The first-order valence-electron chi connectivity index (χ1n) is 7.71. The van der Waals surface area contributed by atoms with Crippen LogP contribution in [0.5, 0.6) is 0 Å². The van der Waals surface area contributed by atoms with Crippen LogP contribution in [0.1, 0.15) is 25.3 Å². The summed E-state index contributed by atoms with van der Waals surface area (Å²) in [6.45, 7) is 5.39. The predicted octanol–water partition coefficient (Wildman–Crippen LogP) is 2.48. The fourth-order valence-corrected chi connectivity index (χ4v) is 3.08. The normalized spacial score (nSPS) is 27.0. The van der Waals surface area contributed by atoms with Crippen molar-refractivity contribution in [3.63, 3.8) is 0 Å². The third kappa shape index (κ3) is 4.50. The molecule has 2 rings (SSSR count). The van der Waals surface area contributed by atoms with Gasteiger partial charge in [-0.3, -0.25) is 0 Å². The summed E-state index contributed by atoms with van der Waals surface area (Å²) in [6.07, 6.45) is 2.32. The van der Waals surface area contributed by atoms with Gasteiger partial charge in [-0.1, -0.05) is 19.1 Å². The van der Waals surface area contributed by atoms with E-state index >= 15 is 0 Å². The number of hydrogen-bond acceptors (Lipinski definition) is 3. The van der Waals surface area contributed by atoms with Gasteiger partial charge in [-0.25, -0.2) is 4.39 Å². The number of nitrogens with zero attached hydrogens (tertiary/aromatic N) is 1. The van der Waals surface area contributed by atoms with Gasteiger partial charge in [0.25, 0.3) is 0 Å². The summed E-state index contributed by atoms with van der Waals surface area (Å²) in [4.78, 5) is 2.36. The van der Waals surface area contributed by atoms with Crippen LogP contribution in [-0.4, -0.2) is 49.0 Å². The molecule has 1 aliphatic heterocycles. The number of hydrogen-bond donors (Lipinski definition) is 1. The molecule has 0 unspecified atom stereocenters. The van der Waals surface area contributed by atoms with Gasteiger partial charge in [0.15, 0.2) is 0 Å². The highest BCUT2D eigenvalue weighted by Gasteiger charge is 2.38. The van der Waals surface area contributed by atoms with Gasteiger partial charge in [0.1, 0.15) is 5.82 Å². The number of methoxy groups -OCH3 is 1. The van der Waals surface area contributed by atoms with E-state index in [1.807, 2.05) is 6.07 Å². The second-order valence-electron chi connectivity index (χ2n) is 6.18. The Kier molecular flexibility index (Phi) is 5.73. The Morgan fingerprint density at radius 1 is 1.48 bits per heavy atom. The maximum Gasteiger partial charge on any atom is 0.123 e. The largest absolute Gasteiger partial charge is 0.389 e. The molecule has 1 aliphatic rings. The fourth-order valence-electron chi connectivity index (χ4n) is 3.08. The first kappa shape index (κ1) is 16.4. The second kappa shape index (κ2) is 7.34. The van der Waals surface area contributed by atoms with E-state index in [1.165, 1.54) is 6.07 Å². The molecule has 1 aromatic rings. The lowest BCUT2D eigenvalue weighted by Gasteiger charge is -2.43. The van der Waals surface area contributed by atoms with Crippen LogP contribution in [-0.2, 0) is 11.2 Å². The highest BCUT2D eigenvalue weighted by atomic mass is 19.1. The van der Waals surface area contributed by atoms with Crippen molar-refractivity contribution < 1.29 is 14.2 Å². The summed E-state index contributed by atoms with van der Waals surface area (Å²) in [6, 6.07) is 6.79. The number of rotatable bonds is 6. The highest BCUT2D eigenvalue weighted by Crippen LogP contribution is 2.30. The monoisotopic (exact) mass is 295 g/mol. The summed E-state index contributed by atoms with van der Waals surface area (Å²) in [5.41, 5.74) is 0.425. The molecule has 0 spiro atoms. The van der Waals surface area contributed by atoms with Crippen LogP contribution < -0.4 is 0 Å². The third-order valence-electron chi connectivity index (χ3n) is 4.66. The molecule has 4 heteroatoms.